The van der Waals surface area contributed by atoms with Gasteiger partial charge in [0.05, 0.1) is 0 Å². The maximum atomic E-state index is 3.87. The molecule has 92 valence electrons. The van der Waals surface area contributed by atoms with Gasteiger partial charge in [-0.15, -0.1) is 0 Å². The standard InChI is InChI=1S/C16H23N/c1-6-13-8-9-14-12(3)11-16(4,5)17(7-2)15(14)10-13/h6,8-10,12H,1,7,11H2,2-5H3. The summed E-state index contributed by atoms with van der Waals surface area (Å²) in [5, 5.41) is 0. The van der Waals surface area contributed by atoms with Gasteiger partial charge in [-0.1, -0.05) is 31.7 Å². The topological polar surface area (TPSA) is 3.24 Å². The van der Waals surface area contributed by atoms with Crippen molar-refractivity contribution in [2.45, 2.75) is 45.6 Å². The Morgan fingerprint density at radius 2 is 2.18 bits per heavy atom. The molecule has 1 nitrogen and oxygen atoms in total. The van der Waals surface area contributed by atoms with Gasteiger partial charge in [-0.2, -0.15) is 0 Å². The molecule has 0 bridgehead atoms. The van der Waals surface area contributed by atoms with Crippen molar-refractivity contribution in [3.8, 4) is 0 Å². The van der Waals surface area contributed by atoms with Gasteiger partial charge in [-0.05, 0) is 50.3 Å². The third-order valence-corrected chi connectivity index (χ3v) is 3.96. The zero-order chi connectivity index (χ0) is 12.6. The summed E-state index contributed by atoms with van der Waals surface area (Å²) in [6, 6.07) is 6.73. The van der Waals surface area contributed by atoms with Crippen LogP contribution in [0.25, 0.3) is 6.08 Å². The number of hydrogen-bond donors (Lipinski definition) is 0. The van der Waals surface area contributed by atoms with E-state index in [1.165, 1.54) is 23.2 Å². The first-order chi connectivity index (χ1) is 7.99. The van der Waals surface area contributed by atoms with Gasteiger partial charge in [-0.3, -0.25) is 0 Å². The first kappa shape index (κ1) is 12.2. The van der Waals surface area contributed by atoms with E-state index in [-0.39, 0.29) is 5.54 Å². The van der Waals surface area contributed by atoms with Crippen LogP contribution >= 0.6 is 0 Å². The van der Waals surface area contributed by atoms with E-state index >= 15 is 0 Å². The smallest absolute Gasteiger partial charge is 0.0411 e. The van der Waals surface area contributed by atoms with E-state index in [9.17, 15) is 0 Å². The molecule has 0 aromatic heterocycles. The van der Waals surface area contributed by atoms with Crippen LogP contribution in [-0.2, 0) is 0 Å². The first-order valence-corrected chi connectivity index (χ1v) is 6.53. The van der Waals surface area contributed by atoms with Crippen LogP contribution in [0.4, 0.5) is 5.69 Å². The fourth-order valence-electron chi connectivity index (χ4n) is 3.23. The third-order valence-electron chi connectivity index (χ3n) is 3.96. The van der Waals surface area contributed by atoms with Crippen LogP contribution in [0.2, 0.25) is 0 Å². The van der Waals surface area contributed by atoms with Crippen LogP contribution in [0.15, 0.2) is 24.8 Å². The largest absolute Gasteiger partial charge is 0.366 e. The van der Waals surface area contributed by atoms with Crippen molar-refractivity contribution >= 4 is 11.8 Å². The molecule has 0 fully saturated rings. The molecule has 17 heavy (non-hydrogen) atoms. The van der Waals surface area contributed by atoms with Crippen LogP contribution in [0, 0.1) is 0 Å². The van der Waals surface area contributed by atoms with Crippen LogP contribution in [-0.4, -0.2) is 12.1 Å². The third kappa shape index (κ3) is 1.99. The molecule has 1 unspecified atom stereocenters. The monoisotopic (exact) mass is 229 g/mol. The van der Waals surface area contributed by atoms with Crippen molar-refractivity contribution in [1.29, 1.82) is 0 Å². The molecular weight excluding hydrogens is 206 g/mol. The molecule has 0 radical (unpaired) electrons. The second-order valence-corrected chi connectivity index (χ2v) is 5.68. The summed E-state index contributed by atoms with van der Waals surface area (Å²) in [6.07, 6.45) is 3.15. The fraction of sp³-hybridized carbons (Fsp3) is 0.500. The predicted octanol–water partition coefficient (Wildman–Crippen LogP) is 4.44. The van der Waals surface area contributed by atoms with Crippen molar-refractivity contribution in [3.63, 3.8) is 0 Å². The summed E-state index contributed by atoms with van der Waals surface area (Å²) in [5.41, 5.74) is 4.35. The first-order valence-electron chi connectivity index (χ1n) is 6.53. The van der Waals surface area contributed by atoms with Crippen LogP contribution in [0.3, 0.4) is 0 Å². The highest BCUT2D eigenvalue weighted by molar-refractivity contribution is 5.65. The summed E-state index contributed by atoms with van der Waals surface area (Å²) < 4.78 is 0. The van der Waals surface area contributed by atoms with Crippen molar-refractivity contribution in [2.24, 2.45) is 0 Å². The molecule has 0 spiro atoms. The van der Waals surface area contributed by atoms with Gasteiger partial charge in [0.2, 0.25) is 0 Å². The van der Waals surface area contributed by atoms with E-state index in [0.29, 0.717) is 5.92 Å². The van der Waals surface area contributed by atoms with Gasteiger partial charge in [0.25, 0.3) is 0 Å². The minimum absolute atomic E-state index is 0.251. The van der Waals surface area contributed by atoms with E-state index in [1.54, 1.807) is 0 Å². The molecule has 1 heterocycles. The highest BCUT2D eigenvalue weighted by atomic mass is 15.2. The predicted molar refractivity (Wildman–Crippen MR) is 76.7 cm³/mol. The Kier molecular flexibility index (Phi) is 3.03. The number of rotatable bonds is 2. The lowest BCUT2D eigenvalue weighted by Gasteiger charge is -2.47. The van der Waals surface area contributed by atoms with Crippen LogP contribution in [0.5, 0.6) is 0 Å². The van der Waals surface area contributed by atoms with Gasteiger partial charge in [0.15, 0.2) is 0 Å². The molecule has 0 saturated heterocycles. The Hall–Kier alpha value is -1.24. The molecule has 0 saturated carbocycles. The van der Waals surface area contributed by atoms with Gasteiger partial charge < -0.3 is 4.90 Å². The Balaban J connectivity index is 2.57. The maximum absolute atomic E-state index is 3.87. The SMILES string of the molecule is C=Cc1ccc2c(c1)N(CC)C(C)(C)CC2C. The average molecular weight is 229 g/mol. The minimum atomic E-state index is 0.251. The Morgan fingerprint density at radius 1 is 1.47 bits per heavy atom. The zero-order valence-electron chi connectivity index (χ0n) is 11.5. The number of fused-ring (bicyclic) bond motifs is 1. The molecule has 1 atom stereocenters. The van der Waals surface area contributed by atoms with Crippen molar-refractivity contribution in [3.05, 3.63) is 35.9 Å². The lowest BCUT2D eigenvalue weighted by molar-refractivity contribution is 0.381. The quantitative estimate of drug-likeness (QED) is 0.724. The average Bonchev–Trinajstić information content (AvgIpc) is 2.27. The molecule has 2 rings (SSSR count). The molecule has 1 aliphatic rings. The van der Waals surface area contributed by atoms with Crippen LogP contribution < -0.4 is 4.90 Å². The van der Waals surface area contributed by atoms with Gasteiger partial charge in [0.1, 0.15) is 0 Å². The molecule has 1 aliphatic heterocycles. The number of nitrogens with zero attached hydrogens (tertiary/aromatic N) is 1. The number of benzene rings is 1. The Morgan fingerprint density at radius 3 is 2.76 bits per heavy atom. The normalized spacial score (nSPS) is 22.1. The molecule has 1 aromatic rings. The second-order valence-electron chi connectivity index (χ2n) is 5.68. The molecule has 0 aliphatic carbocycles. The number of anilines is 1. The van der Waals surface area contributed by atoms with Crippen molar-refractivity contribution in [2.75, 3.05) is 11.4 Å². The van der Waals surface area contributed by atoms with E-state index in [2.05, 4.69) is 57.4 Å². The van der Waals surface area contributed by atoms with Gasteiger partial charge >= 0.3 is 0 Å². The summed E-state index contributed by atoms with van der Waals surface area (Å²) in [4.78, 5) is 2.52. The van der Waals surface area contributed by atoms with Crippen LogP contribution in [0.1, 0.15) is 51.2 Å². The molecule has 1 heteroatoms. The van der Waals surface area contributed by atoms with E-state index in [4.69, 9.17) is 0 Å². The zero-order valence-corrected chi connectivity index (χ0v) is 11.5. The molecule has 0 N–H and O–H groups in total. The Labute approximate surface area is 105 Å². The molecule has 0 amide bonds. The Bertz CT molecular complexity index is 431. The summed E-state index contributed by atoms with van der Waals surface area (Å²) in [6.45, 7) is 14.2. The summed E-state index contributed by atoms with van der Waals surface area (Å²) >= 11 is 0. The highest BCUT2D eigenvalue weighted by Crippen LogP contribution is 2.43. The fourth-order valence-corrected chi connectivity index (χ4v) is 3.23. The lowest BCUT2D eigenvalue weighted by Crippen LogP contribution is -2.48. The van der Waals surface area contributed by atoms with Gasteiger partial charge in [-0.25, -0.2) is 0 Å². The number of hydrogen-bond acceptors (Lipinski definition) is 1. The minimum Gasteiger partial charge on any atom is -0.366 e. The summed E-state index contributed by atoms with van der Waals surface area (Å²) in [7, 11) is 0. The van der Waals surface area contributed by atoms with Crippen molar-refractivity contribution in [1.82, 2.24) is 0 Å². The molecular formula is C16H23N. The van der Waals surface area contributed by atoms with E-state index < -0.39 is 0 Å². The highest BCUT2D eigenvalue weighted by Gasteiger charge is 2.35. The molecule has 1 aromatic carbocycles. The van der Waals surface area contributed by atoms with E-state index in [1.807, 2.05) is 6.08 Å². The van der Waals surface area contributed by atoms with Crippen molar-refractivity contribution < 1.29 is 0 Å². The maximum Gasteiger partial charge on any atom is 0.0411 e. The van der Waals surface area contributed by atoms with E-state index in [0.717, 1.165) is 6.54 Å². The second kappa shape index (κ2) is 4.21. The lowest BCUT2D eigenvalue weighted by atomic mass is 9.80. The van der Waals surface area contributed by atoms with Gasteiger partial charge in [0, 0.05) is 17.8 Å². The summed E-state index contributed by atoms with van der Waals surface area (Å²) in [5.74, 6) is 0.640.